The summed E-state index contributed by atoms with van der Waals surface area (Å²) in [4.78, 5) is 2.65. The van der Waals surface area contributed by atoms with Gasteiger partial charge in [0.1, 0.15) is 0 Å². The van der Waals surface area contributed by atoms with E-state index < -0.39 is 0 Å². The molecule has 0 atom stereocenters. The molecule has 1 aliphatic heterocycles. The van der Waals surface area contributed by atoms with E-state index in [0.29, 0.717) is 0 Å². The van der Waals surface area contributed by atoms with Crippen molar-refractivity contribution in [3.8, 4) is 0 Å². The van der Waals surface area contributed by atoms with Gasteiger partial charge in [0.25, 0.3) is 0 Å². The van der Waals surface area contributed by atoms with Crippen LogP contribution in [0.15, 0.2) is 42.6 Å². The fourth-order valence-corrected chi connectivity index (χ4v) is 4.25. The van der Waals surface area contributed by atoms with Crippen molar-refractivity contribution in [3.05, 3.63) is 42.6 Å². The Kier molecular flexibility index (Phi) is 4.08. The van der Waals surface area contributed by atoms with Crippen LogP contribution in [-0.2, 0) is 7.05 Å². The lowest BCUT2D eigenvalue weighted by atomic mass is 9.65. The third-order valence-corrected chi connectivity index (χ3v) is 5.25. The largest absolute Gasteiger partial charge is 0.363 e. The SMILES string of the molecule is Cn1cccc1[B]c1ccccc1N1C(C)(C)CCCC1(C)C. The van der Waals surface area contributed by atoms with Gasteiger partial charge in [-0.1, -0.05) is 29.7 Å². The summed E-state index contributed by atoms with van der Waals surface area (Å²) in [5.41, 5.74) is 4.26. The molecule has 0 aliphatic carbocycles. The van der Waals surface area contributed by atoms with E-state index in [9.17, 15) is 0 Å². The monoisotopic (exact) mass is 307 g/mol. The van der Waals surface area contributed by atoms with Crippen molar-refractivity contribution in [1.29, 1.82) is 0 Å². The van der Waals surface area contributed by atoms with E-state index in [0.717, 1.165) is 0 Å². The number of benzene rings is 1. The molecule has 1 fully saturated rings. The van der Waals surface area contributed by atoms with Crippen molar-refractivity contribution < 1.29 is 0 Å². The zero-order valence-corrected chi connectivity index (χ0v) is 15.1. The van der Waals surface area contributed by atoms with Gasteiger partial charge in [-0.25, -0.2) is 0 Å². The second kappa shape index (κ2) is 5.77. The second-order valence-electron chi connectivity index (χ2n) is 8.06. The van der Waals surface area contributed by atoms with Crippen LogP contribution in [-0.4, -0.2) is 22.9 Å². The van der Waals surface area contributed by atoms with Crippen LogP contribution in [0.1, 0.15) is 47.0 Å². The van der Waals surface area contributed by atoms with E-state index in [1.807, 2.05) is 0 Å². The predicted octanol–water partition coefficient (Wildman–Crippen LogP) is 3.23. The molecule has 0 spiro atoms. The van der Waals surface area contributed by atoms with Crippen molar-refractivity contribution >= 4 is 24.0 Å². The molecule has 3 heteroatoms. The fourth-order valence-electron chi connectivity index (χ4n) is 4.25. The van der Waals surface area contributed by atoms with Gasteiger partial charge < -0.3 is 9.47 Å². The molecule has 0 saturated carbocycles. The van der Waals surface area contributed by atoms with Crippen molar-refractivity contribution in [2.75, 3.05) is 4.90 Å². The Morgan fingerprint density at radius 2 is 1.57 bits per heavy atom. The maximum atomic E-state index is 2.65. The lowest BCUT2D eigenvalue weighted by Gasteiger charge is -2.55. The van der Waals surface area contributed by atoms with Crippen LogP contribution in [0.2, 0.25) is 0 Å². The minimum absolute atomic E-state index is 0.180. The molecule has 1 radical (unpaired) electrons. The third kappa shape index (κ3) is 3.06. The van der Waals surface area contributed by atoms with Crippen molar-refractivity contribution in [2.24, 2.45) is 7.05 Å². The highest BCUT2D eigenvalue weighted by molar-refractivity contribution is 6.68. The summed E-state index contributed by atoms with van der Waals surface area (Å²) >= 11 is 0. The molecule has 3 rings (SSSR count). The van der Waals surface area contributed by atoms with Crippen molar-refractivity contribution in [1.82, 2.24) is 4.57 Å². The average Bonchev–Trinajstić information content (AvgIpc) is 2.84. The van der Waals surface area contributed by atoms with Gasteiger partial charge in [-0.2, -0.15) is 0 Å². The standard InChI is InChI=1S/C20H28BN2/c1-19(2)13-9-14-20(3,4)23(19)17-11-7-6-10-16(17)21-18-12-8-15-22(18)5/h6-8,10-12,15H,9,13-14H2,1-5H3. The summed E-state index contributed by atoms with van der Waals surface area (Å²) in [5, 5.41) is 0. The van der Waals surface area contributed by atoms with Gasteiger partial charge in [-0.3, -0.25) is 0 Å². The number of nitrogens with zero attached hydrogens (tertiary/aromatic N) is 2. The summed E-state index contributed by atoms with van der Waals surface area (Å²) in [7, 11) is 4.40. The van der Waals surface area contributed by atoms with Crippen LogP contribution >= 0.6 is 0 Å². The normalized spacial score (nSPS) is 19.6. The number of hydrogen-bond donors (Lipinski definition) is 0. The van der Waals surface area contributed by atoms with Crippen LogP contribution in [0, 0.1) is 0 Å². The lowest BCUT2D eigenvalue weighted by Crippen LogP contribution is -2.60. The summed E-state index contributed by atoms with van der Waals surface area (Å²) in [6, 6.07) is 13.1. The molecule has 1 saturated heterocycles. The smallest absolute Gasteiger partial charge is 0.216 e. The summed E-state index contributed by atoms with van der Waals surface area (Å²) < 4.78 is 2.17. The number of piperidine rings is 1. The maximum Gasteiger partial charge on any atom is 0.216 e. The van der Waals surface area contributed by atoms with Crippen LogP contribution in [0.3, 0.4) is 0 Å². The molecule has 0 amide bonds. The van der Waals surface area contributed by atoms with Gasteiger partial charge in [0, 0.05) is 30.0 Å². The first-order valence-corrected chi connectivity index (χ1v) is 8.67. The first-order chi connectivity index (χ1) is 10.8. The Bertz CT molecular complexity index is 668. The van der Waals surface area contributed by atoms with E-state index in [1.54, 1.807) is 0 Å². The maximum absolute atomic E-state index is 2.65. The number of aromatic nitrogens is 1. The van der Waals surface area contributed by atoms with E-state index in [2.05, 4.69) is 94.1 Å². The number of anilines is 1. The Hall–Kier alpha value is -1.64. The van der Waals surface area contributed by atoms with Gasteiger partial charge in [0.2, 0.25) is 7.28 Å². The van der Waals surface area contributed by atoms with Gasteiger partial charge in [0.15, 0.2) is 0 Å². The second-order valence-corrected chi connectivity index (χ2v) is 8.06. The number of rotatable bonds is 3. The topological polar surface area (TPSA) is 8.17 Å². The van der Waals surface area contributed by atoms with E-state index in [4.69, 9.17) is 0 Å². The predicted molar refractivity (Wildman–Crippen MR) is 101 cm³/mol. The minimum atomic E-state index is 0.180. The first-order valence-electron chi connectivity index (χ1n) is 8.67. The number of para-hydroxylation sites is 1. The number of hydrogen-bond acceptors (Lipinski definition) is 1. The molecule has 2 nitrogen and oxygen atoms in total. The van der Waals surface area contributed by atoms with E-state index in [-0.39, 0.29) is 11.1 Å². The number of aryl methyl sites for hydroxylation is 1. The van der Waals surface area contributed by atoms with Gasteiger partial charge >= 0.3 is 0 Å². The zero-order chi connectivity index (χ0) is 16.7. The molecule has 23 heavy (non-hydrogen) atoms. The van der Waals surface area contributed by atoms with Crippen molar-refractivity contribution in [2.45, 2.75) is 58.0 Å². The molecule has 1 aromatic heterocycles. The van der Waals surface area contributed by atoms with Crippen molar-refractivity contribution in [3.63, 3.8) is 0 Å². The third-order valence-electron chi connectivity index (χ3n) is 5.25. The lowest BCUT2D eigenvalue weighted by molar-refractivity contribution is 0.244. The molecular weight excluding hydrogens is 279 g/mol. The Labute approximate surface area is 141 Å². The van der Waals surface area contributed by atoms with Gasteiger partial charge in [0.05, 0.1) is 0 Å². The molecule has 1 aromatic carbocycles. The van der Waals surface area contributed by atoms with E-state index >= 15 is 0 Å². The van der Waals surface area contributed by atoms with Crippen LogP contribution in [0.5, 0.6) is 0 Å². The van der Waals surface area contributed by atoms with Crippen LogP contribution in [0.4, 0.5) is 5.69 Å². The van der Waals surface area contributed by atoms with Crippen LogP contribution < -0.4 is 16.0 Å². The first kappa shape index (κ1) is 16.2. The summed E-state index contributed by atoms with van der Waals surface area (Å²) in [6.07, 6.45) is 5.90. The molecule has 0 unspecified atom stereocenters. The molecule has 2 aromatic rings. The average molecular weight is 307 g/mol. The summed E-state index contributed by atoms with van der Waals surface area (Å²) in [6.45, 7) is 9.53. The highest BCUT2D eigenvalue weighted by Gasteiger charge is 2.41. The highest BCUT2D eigenvalue weighted by Crippen LogP contribution is 2.41. The zero-order valence-electron chi connectivity index (χ0n) is 15.1. The molecule has 0 N–H and O–H groups in total. The van der Waals surface area contributed by atoms with Gasteiger partial charge in [-0.05, 0) is 64.7 Å². The highest BCUT2D eigenvalue weighted by atomic mass is 15.3. The summed E-state index contributed by atoms with van der Waals surface area (Å²) in [5.74, 6) is 0. The van der Waals surface area contributed by atoms with E-state index in [1.165, 1.54) is 36.0 Å². The molecule has 121 valence electrons. The molecule has 0 bridgehead atoms. The quantitative estimate of drug-likeness (QED) is 0.791. The Morgan fingerprint density at radius 3 is 2.17 bits per heavy atom. The van der Waals surface area contributed by atoms with Crippen LogP contribution in [0.25, 0.3) is 0 Å². The fraction of sp³-hybridized carbons (Fsp3) is 0.500. The Balaban J connectivity index is 2.04. The molecule has 1 aliphatic rings. The molecular formula is C20H28BN2. The van der Waals surface area contributed by atoms with Gasteiger partial charge in [-0.15, -0.1) is 0 Å². The minimum Gasteiger partial charge on any atom is -0.363 e. The molecule has 2 heterocycles. The Morgan fingerprint density at radius 1 is 0.913 bits per heavy atom.